The number of piperidine rings is 1. The molecular formula is C20H20F6N4O2. The zero-order chi connectivity index (χ0) is 23.7. The van der Waals surface area contributed by atoms with Gasteiger partial charge in [-0.2, -0.15) is 17.9 Å². The lowest BCUT2D eigenvalue weighted by atomic mass is 9.86. The molecule has 1 aliphatic heterocycles. The minimum Gasteiger partial charge on any atom is -0.618 e. The third kappa shape index (κ3) is 5.67. The first-order valence-electron chi connectivity index (χ1n) is 9.69. The van der Waals surface area contributed by atoms with Gasteiger partial charge in [0.2, 0.25) is 11.6 Å². The van der Waals surface area contributed by atoms with Crippen LogP contribution in [0, 0.1) is 11.0 Å². The molecule has 1 aliphatic rings. The molecule has 0 aromatic carbocycles. The molecular weight excluding hydrogens is 442 g/mol. The van der Waals surface area contributed by atoms with Crippen LogP contribution in [0.15, 0.2) is 36.7 Å². The summed E-state index contributed by atoms with van der Waals surface area (Å²) in [6, 6.07) is 3.39. The van der Waals surface area contributed by atoms with Gasteiger partial charge in [-0.05, 0) is 24.6 Å². The van der Waals surface area contributed by atoms with Gasteiger partial charge < -0.3 is 10.5 Å². The Labute approximate surface area is 179 Å². The maximum absolute atomic E-state index is 14.7. The number of nitrogens with zero attached hydrogens (tertiary/aromatic N) is 3. The van der Waals surface area contributed by atoms with Crippen molar-refractivity contribution in [2.45, 2.75) is 43.8 Å². The number of amides is 1. The maximum Gasteiger partial charge on any atom is 0.398 e. The number of aromatic nitrogens is 2. The Balaban J connectivity index is 1.78. The van der Waals surface area contributed by atoms with E-state index in [-0.39, 0.29) is 29.2 Å². The highest BCUT2D eigenvalue weighted by atomic mass is 19.4. The summed E-state index contributed by atoms with van der Waals surface area (Å²) in [5.74, 6) is -5.82. The normalized spacial score (nSPS) is 20.0. The molecule has 1 fully saturated rings. The van der Waals surface area contributed by atoms with Crippen molar-refractivity contribution >= 4 is 11.7 Å². The molecule has 1 saturated heterocycles. The first kappa shape index (κ1) is 23.8. The molecule has 12 heteroatoms. The molecule has 0 saturated carbocycles. The molecule has 3 rings (SSSR count). The van der Waals surface area contributed by atoms with E-state index in [4.69, 9.17) is 0 Å². The fourth-order valence-corrected chi connectivity index (χ4v) is 3.58. The lowest BCUT2D eigenvalue weighted by Crippen LogP contribution is -2.52. The topological polar surface area (TPSA) is 72.2 Å². The van der Waals surface area contributed by atoms with Crippen LogP contribution in [0.3, 0.4) is 0 Å². The number of pyridine rings is 2. The molecule has 0 spiro atoms. The van der Waals surface area contributed by atoms with Crippen molar-refractivity contribution in [3.63, 3.8) is 0 Å². The first-order chi connectivity index (χ1) is 14.9. The lowest BCUT2D eigenvalue weighted by molar-refractivity contribution is -0.615. The zero-order valence-corrected chi connectivity index (χ0v) is 16.9. The van der Waals surface area contributed by atoms with Crippen molar-refractivity contribution in [1.82, 2.24) is 9.88 Å². The zero-order valence-electron chi connectivity index (χ0n) is 16.9. The van der Waals surface area contributed by atoms with Crippen LogP contribution in [0.2, 0.25) is 0 Å². The van der Waals surface area contributed by atoms with Gasteiger partial charge in [0.15, 0.2) is 6.20 Å². The summed E-state index contributed by atoms with van der Waals surface area (Å²) in [6.07, 6.45) is -5.15. The smallest absolute Gasteiger partial charge is 0.398 e. The molecule has 2 unspecified atom stereocenters. The predicted octanol–water partition coefficient (Wildman–Crippen LogP) is 3.41. The van der Waals surface area contributed by atoms with Crippen molar-refractivity contribution in [2.24, 2.45) is 0 Å². The Morgan fingerprint density at radius 1 is 1.38 bits per heavy atom. The Morgan fingerprint density at radius 2 is 2.09 bits per heavy atom. The average molecular weight is 462 g/mol. The minimum atomic E-state index is -4.67. The van der Waals surface area contributed by atoms with E-state index in [0.717, 1.165) is 30.6 Å². The average Bonchev–Trinajstić information content (AvgIpc) is 2.70. The number of alkyl halides is 5. The molecule has 1 amide bonds. The van der Waals surface area contributed by atoms with Crippen LogP contribution in [0.1, 0.15) is 30.5 Å². The second-order valence-corrected chi connectivity index (χ2v) is 7.65. The van der Waals surface area contributed by atoms with Crippen LogP contribution in [0.4, 0.5) is 32.2 Å². The van der Waals surface area contributed by atoms with Crippen LogP contribution in [0.25, 0.3) is 0 Å². The summed E-state index contributed by atoms with van der Waals surface area (Å²) >= 11 is 0. The van der Waals surface area contributed by atoms with E-state index < -0.39 is 54.3 Å². The molecule has 0 radical (unpaired) electrons. The number of rotatable bonds is 5. The quantitative estimate of drug-likeness (QED) is 0.420. The van der Waals surface area contributed by atoms with Gasteiger partial charge in [-0.1, -0.05) is 0 Å². The van der Waals surface area contributed by atoms with E-state index in [1.807, 2.05) is 0 Å². The number of anilines is 1. The lowest BCUT2D eigenvalue weighted by Gasteiger charge is -2.40. The van der Waals surface area contributed by atoms with E-state index in [1.54, 1.807) is 0 Å². The molecule has 3 heterocycles. The molecule has 0 aliphatic carbocycles. The summed E-state index contributed by atoms with van der Waals surface area (Å²) in [7, 11) is 0. The largest absolute Gasteiger partial charge is 0.618 e. The van der Waals surface area contributed by atoms with Gasteiger partial charge in [0, 0.05) is 31.6 Å². The van der Waals surface area contributed by atoms with Crippen molar-refractivity contribution in [3.05, 3.63) is 58.9 Å². The van der Waals surface area contributed by atoms with Gasteiger partial charge in [-0.3, -0.25) is 9.69 Å². The first-order valence-corrected chi connectivity index (χ1v) is 9.69. The summed E-state index contributed by atoms with van der Waals surface area (Å²) < 4.78 is 80.5. The Kier molecular flexibility index (Phi) is 6.63. The number of likely N-dealkylation sites (tertiary alicyclic amines) is 1. The highest BCUT2D eigenvalue weighted by Gasteiger charge is 2.47. The summed E-state index contributed by atoms with van der Waals surface area (Å²) in [5.41, 5.74) is -0.796. The third-order valence-electron chi connectivity index (χ3n) is 5.37. The van der Waals surface area contributed by atoms with Gasteiger partial charge >= 0.3 is 6.18 Å². The van der Waals surface area contributed by atoms with E-state index in [9.17, 15) is 36.3 Å². The highest BCUT2D eigenvalue weighted by molar-refractivity contribution is 5.93. The Morgan fingerprint density at radius 3 is 2.72 bits per heavy atom. The SMILES string of the molecule is CC(C(=O)Nc1ccc(F)cn1)N1CCC(F)(F)C(c2cc[n+]([O-])c(CC(F)(F)F)c2)C1. The highest BCUT2D eigenvalue weighted by Crippen LogP contribution is 2.41. The van der Waals surface area contributed by atoms with Crippen molar-refractivity contribution in [3.8, 4) is 0 Å². The van der Waals surface area contributed by atoms with Crippen molar-refractivity contribution in [2.75, 3.05) is 18.4 Å². The molecule has 6 nitrogen and oxygen atoms in total. The fourth-order valence-electron chi connectivity index (χ4n) is 3.58. The predicted molar refractivity (Wildman–Crippen MR) is 101 cm³/mol. The van der Waals surface area contributed by atoms with Crippen LogP contribution in [-0.2, 0) is 11.2 Å². The molecule has 2 atom stereocenters. The third-order valence-corrected chi connectivity index (χ3v) is 5.37. The van der Waals surface area contributed by atoms with E-state index >= 15 is 0 Å². The van der Waals surface area contributed by atoms with E-state index in [2.05, 4.69) is 10.3 Å². The second-order valence-electron chi connectivity index (χ2n) is 7.65. The Hall–Kier alpha value is -2.89. The minimum absolute atomic E-state index is 0.00148. The van der Waals surface area contributed by atoms with Crippen LogP contribution >= 0.6 is 0 Å². The standard InChI is InChI=1S/C20H20F6N4O2/c1-12(18(31)28-17-3-2-14(21)10-27-17)29-7-5-19(22,23)16(11-29)13-4-6-30(32)15(8-13)9-20(24,25)26/h2-4,6,8,10,12,16H,5,7,9,11H2,1H3,(H,27,28,31). The molecule has 1 N–H and O–H groups in total. The fraction of sp³-hybridized carbons (Fsp3) is 0.450. The molecule has 32 heavy (non-hydrogen) atoms. The second kappa shape index (κ2) is 8.93. The number of nitrogens with one attached hydrogen (secondary N) is 1. The molecule has 2 aromatic heterocycles. The van der Waals surface area contributed by atoms with Crippen LogP contribution in [0.5, 0.6) is 0 Å². The van der Waals surface area contributed by atoms with Crippen LogP contribution < -0.4 is 10.0 Å². The van der Waals surface area contributed by atoms with E-state index in [0.29, 0.717) is 0 Å². The monoisotopic (exact) mass is 462 g/mol. The van der Waals surface area contributed by atoms with Crippen molar-refractivity contribution < 1.29 is 35.9 Å². The summed E-state index contributed by atoms with van der Waals surface area (Å²) in [6.45, 7) is 1.05. The molecule has 174 valence electrons. The number of hydrogen-bond acceptors (Lipinski definition) is 4. The van der Waals surface area contributed by atoms with Gasteiger partial charge in [0.05, 0.1) is 18.2 Å². The Bertz CT molecular complexity index is 968. The molecule has 2 aromatic rings. The van der Waals surface area contributed by atoms with Gasteiger partial charge in [0.25, 0.3) is 5.92 Å². The number of hydrogen-bond donors (Lipinski definition) is 1. The number of carbonyl (C=O) groups is 1. The number of carbonyl (C=O) groups excluding carboxylic acids is 1. The summed E-state index contributed by atoms with van der Waals surface area (Å²) in [4.78, 5) is 17.7. The van der Waals surface area contributed by atoms with Gasteiger partial charge in [-0.25, -0.2) is 18.2 Å². The number of halogens is 6. The van der Waals surface area contributed by atoms with Gasteiger partial charge in [0.1, 0.15) is 18.1 Å². The summed E-state index contributed by atoms with van der Waals surface area (Å²) in [5, 5.41) is 14.2. The van der Waals surface area contributed by atoms with Gasteiger partial charge in [-0.15, -0.1) is 0 Å². The molecule has 0 bridgehead atoms. The van der Waals surface area contributed by atoms with Crippen molar-refractivity contribution in [1.29, 1.82) is 0 Å². The van der Waals surface area contributed by atoms with Crippen LogP contribution in [-0.4, -0.2) is 47.0 Å². The van der Waals surface area contributed by atoms with E-state index in [1.165, 1.54) is 17.9 Å². The maximum atomic E-state index is 14.7.